The third-order valence-electron chi connectivity index (χ3n) is 8.26. The van der Waals surface area contributed by atoms with Crippen LogP contribution in [-0.4, -0.2) is 24.7 Å². The fourth-order valence-corrected chi connectivity index (χ4v) is 5.82. The highest BCUT2D eigenvalue weighted by Crippen LogP contribution is 2.59. The number of anilines is 2. The summed E-state index contributed by atoms with van der Waals surface area (Å²) in [5, 5.41) is 0. The Bertz CT molecular complexity index is 1790. The second-order valence-corrected chi connectivity index (χ2v) is 11.5. The lowest BCUT2D eigenvalue weighted by Gasteiger charge is -2.40. The van der Waals surface area contributed by atoms with Crippen LogP contribution in [0.5, 0.6) is 23.0 Å². The Morgan fingerprint density at radius 1 is 0.288 bits per heavy atom. The van der Waals surface area contributed by atoms with Gasteiger partial charge in [-0.1, -0.05) is 48.5 Å². The number of nitrogen functional groups attached to an aromatic ring is 2. The van der Waals surface area contributed by atoms with Gasteiger partial charge in [-0.05, 0) is 95.1 Å². The number of nitrogens with two attached hydrogens (primary N) is 2. The van der Waals surface area contributed by atoms with Crippen LogP contribution in [0, 0.1) is 0 Å². The minimum atomic E-state index is -6.20. The van der Waals surface area contributed by atoms with E-state index in [1.165, 1.54) is 48.5 Å². The zero-order chi connectivity index (χ0) is 38.3. The van der Waals surface area contributed by atoms with Crippen LogP contribution in [0.25, 0.3) is 0 Å². The first-order valence-electron chi connectivity index (χ1n) is 14.8. The van der Waals surface area contributed by atoms with Crippen LogP contribution in [0.15, 0.2) is 121 Å². The van der Waals surface area contributed by atoms with Gasteiger partial charge in [-0.25, -0.2) is 0 Å². The van der Waals surface area contributed by atoms with Gasteiger partial charge in [-0.15, -0.1) is 0 Å². The molecule has 5 rings (SSSR count). The van der Waals surface area contributed by atoms with E-state index in [0.717, 1.165) is 24.3 Å². The van der Waals surface area contributed by atoms with Crippen molar-refractivity contribution in [2.45, 2.75) is 35.5 Å². The monoisotopic (exact) mass is 744 g/mol. The summed E-state index contributed by atoms with van der Waals surface area (Å²) in [4.78, 5) is 0. The number of hydrogen-bond donors (Lipinski definition) is 2. The molecule has 0 spiro atoms. The van der Waals surface area contributed by atoms with Crippen LogP contribution in [0.1, 0.15) is 22.3 Å². The topological polar surface area (TPSA) is 70.5 Å². The third-order valence-corrected chi connectivity index (χ3v) is 8.26. The Hall–Kier alpha value is -5.54. The van der Waals surface area contributed by atoms with Crippen molar-refractivity contribution in [2.24, 2.45) is 0 Å². The lowest BCUT2D eigenvalue weighted by atomic mass is 9.69. The van der Waals surface area contributed by atoms with Gasteiger partial charge in [0.25, 0.3) is 0 Å². The van der Waals surface area contributed by atoms with Crippen molar-refractivity contribution in [1.82, 2.24) is 0 Å². The molecule has 16 heteroatoms. The van der Waals surface area contributed by atoms with Gasteiger partial charge >= 0.3 is 24.7 Å². The first-order valence-corrected chi connectivity index (χ1v) is 14.8. The molecule has 0 aliphatic carbocycles. The van der Waals surface area contributed by atoms with Crippen LogP contribution in [0.2, 0.25) is 0 Å². The van der Waals surface area contributed by atoms with E-state index in [0.29, 0.717) is 35.6 Å². The van der Waals surface area contributed by atoms with Gasteiger partial charge < -0.3 is 20.9 Å². The average molecular weight is 745 g/mol. The van der Waals surface area contributed by atoms with Gasteiger partial charge in [-0.2, -0.15) is 52.7 Å². The molecule has 4 nitrogen and oxygen atoms in total. The van der Waals surface area contributed by atoms with Crippen molar-refractivity contribution >= 4 is 11.4 Å². The molecule has 4 N–H and O–H groups in total. The third kappa shape index (κ3) is 6.64. The predicted molar refractivity (Wildman–Crippen MR) is 167 cm³/mol. The largest absolute Gasteiger partial charge is 0.457 e. The summed E-state index contributed by atoms with van der Waals surface area (Å²) < 4.78 is 188. The zero-order valence-electron chi connectivity index (χ0n) is 26.1. The molecule has 0 radical (unpaired) electrons. The Kier molecular flexibility index (Phi) is 9.58. The Labute approximate surface area is 287 Å². The van der Waals surface area contributed by atoms with Crippen LogP contribution in [0.3, 0.4) is 0 Å². The minimum absolute atomic E-state index is 0.0418. The predicted octanol–water partition coefficient (Wildman–Crippen LogP) is 11.3. The quantitative estimate of drug-likeness (QED) is 0.123. The Balaban J connectivity index is 1.61. The van der Waals surface area contributed by atoms with Crippen molar-refractivity contribution in [2.75, 3.05) is 11.5 Å². The maximum Gasteiger partial charge on any atom is 0.411 e. The molecule has 0 unspecified atom stereocenters. The SMILES string of the molecule is Nc1ccc(Oc2ccc(C(c3ccc(C(c4ccc(Oc5ccc(N)cc5)cc4)(C(F)(F)F)C(F)(F)F)cc3)(C(F)(F)F)C(F)(F)F)cc2)cc1. The summed E-state index contributed by atoms with van der Waals surface area (Å²) >= 11 is 0. The Morgan fingerprint density at radius 3 is 0.654 bits per heavy atom. The summed E-state index contributed by atoms with van der Waals surface area (Å²) in [6.07, 6.45) is -24.8. The molecule has 52 heavy (non-hydrogen) atoms. The van der Waals surface area contributed by atoms with E-state index in [2.05, 4.69) is 0 Å². The number of ether oxygens (including phenoxy) is 2. The lowest BCUT2D eigenvalue weighted by Crippen LogP contribution is -2.55. The van der Waals surface area contributed by atoms with E-state index in [9.17, 15) is 52.7 Å². The number of rotatable bonds is 8. The molecule has 5 aromatic rings. The van der Waals surface area contributed by atoms with Crippen LogP contribution in [-0.2, 0) is 10.8 Å². The van der Waals surface area contributed by atoms with Gasteiger partial charge in [-0.3, -0.25) is 0 Å². The van der Waals surface area contributed by atoms with E-state index in [1.54, 1.807) is 0 Å². The summed E-state index contributed by atoms with van der Waals surface area (Å²) in [5.41, 5.74) is -4.18. The summed E-state index contributed by atoms with van der Waals surface area (Å²) in [6, 6.07) is 16.0. The molecule has 0 atom stereocenters. The first kappa shape index (κ1) is 37.7. The molecule has 0 saturated carbocycles. The van der Waals surface area contributed by atoms with Crippen molar-refractivity contribution in [3.63, 3.8) is 0 Å². The number of benzene rings is 5. The summed E-state index contributed by atoms with van der Waals surface area (Å²) in [7, 11) is 0. The molecule has 0 aromatic heterocycles. The van der Waals surface area contributed by atoms with Crippen LogP contribution >= 0.6 is 0 Å². The van der Waals surface area contributed by atoms with Crippen molar-refractivity contribution in [1.29, 1.82) is 0 Å². The maximum atomic E-state index is 14.8. The average Bonchev–Trinajstić information content (AvgIpc) is 3.03. The molecule has 5 aromatic carbocycles. The smallest absolute Gasteiger partial charge is 0.411 e. The van der Waals surface area contributed by atoms with Gasteiger partial charge in [0.1, 0.15) is 23.0 Å². The molecular formula is C36H24F12N2O2. The first-order chi connectivity index (χ1) is 24.1. The normalized spacial score (nSPS) is 13.2. The summed E-state index contributed by atoms with van der Waals surface area (Å²) in [5.74, 6) is -0.103. The molecule has 274 valence electrons. The van der Waals surface area contributed by atoms with Crippen molar-refractivity contribution in [3.8, 4) is 23.0 Å². The fourth-order valence-electron chi connectivity index (χ4n) is 5.82. The van der Waals surface area contributed by atoms with E-state index in [1.807, 2.05) is 0 Å². The number of alkyl halides is 12. The highest BCUT2D eigenvalue weighted by Gasteiger charge is 2.74. The molecule has 0 bridgehead atoms. The number of halogens is 12. The molecule has 0 aliphatic rings. The Morgan fingerprint density at radius 2 is 0.462 bits per heavy atom. The minimum Gasteiger partial charge on any atom is -0.457 e. The fraction of sp³-hybridized carbons (Fsp3) is 0.167. The van der Waals surface area contributed by atoms with E-state index in [-0.39, 0.29) is 47.3 Å². The van der Waals surface area contributed by atoms with Crippen molar-refractivity contribution < 1.29 is 62.2 Å². The molecule has 0 heterocycles. The zero-order valence-corrected chi connectivity index (χ0v) is 26.1. The van der Waals surface area contributed by atoms with E-state index >= 15 is 0 Å². The summed E-state index contributed by atoms with van der Waals surface area (Å²) in [6.45, 7) is 0. The second-order valence-electron chi connectivity index (χ2n) is 11.5. The standard InChI is InChI=1S/C36H24F12N2O2/c37-33(38,39)31(34(40,41)42,23-5-13-27(14-6-23)51-29-17-9-25(49)10-18-29)21-1-2-22(4-3-21)32(35(43,44)45,36(46,47)48)24-7-15-28(16-8-24)52-30-19-11-26(50)12-20-30/h1-20H,49-50H2. The molecular weight excluding hydrogens is 720 g/mol. The molecule has 0 saturated heterocycles. The highest BCUT2D eigenvalue weighted by molar-refractivity contribution is 5.52. The highest BCUT2D eigenvalue weighted by atomic mass is 19.4. The van der Waals surface area contributed by atoms with E-state index < -0.39 is 57.8 Å². The van der Waals surface area contributed by atoms with E-state index in [4.69, 9.17) is 20.9 Å². The van der Waals surface area contributed by atoms with Crippen LogP contribution in [0.4, 0.5) is 64.1 Å². The molecule has 0 aliphatic heterocycles. The number of hydrogen-bond acceptors (Lipinski definition) is 4. The second kappa shape index (κ2) is 13.2. The van der Waals surface area contributed by atoms with Crippen LogP contribution < -0.4 is 20.9 Å². The van der Waals surface area contributed by atoms with Gasteiger partial charge in [0.15, 0.2) is 0 Å². The molecule has 0 amide bonds. The molecule has 0 fully saturated rings. The van der Waals surface area contributed by atoms with Gasteiger partial charge in [0.05, 0.1) is 0 Å². The van der Waals surface area contributed by atoms with Gasteiger partial charge in [0, 0.05) is 11.4 Å². The van der Waals surface area contributed by atoms with Gasteiger partial charge in [0.2, 0.25) is 10.8 Å². The maximum absolute atomic E-state index is 14.8. The van der Waals surface area contributed by atoms with Crippen molar-refractivity contribution in [3.05, 3.63) is 144 Å². The lowest BCUT2D eigenvalue weighted by molar-refractivity contribution is -0.291.